The van der Waals surface area contributed by atoms with Crippen LogP contribution in [0.4, 0.5) is 10.5 Å². The predicted octanol–water partition coefficient (Wildman–Crippen LogP) is 3.29. The lowest BCUT2D eigenvalue weighted by Gasteiger charge is -2.20. The summed E-state index contributed by atoms with van der Waals surface area (Å²) in [5, 5.41) is 0. The summed E-state index contributed by atoms with van der Waals surface area (Å²) in [6, 6.07) is 16.7. The Morgan fingerprint density at radius 2 is 1.90 bits per heavy atom. The van der Waals surface area contributed by atoms with Crippen LogP contribution in [0.2, 0.25) is 0 Å². The molecule has 0 unspecified atom stereocenters. The van der Waals surface area contributed by atoms with Crippen LogP contribution in [0.25, 0.3) is 0 Å². The lowest BCUT2D eigenvalue weighted by atomic mass is 10.2. The van der Waals surface area contributed by atoms with Crippen molar-refractivity contribution in [2.45, 2.75) is 13.5 Å². The molecule has 2 aromatic rings. The number of rotatable bonds is 4. The molecule has 0 aliphatic rings. The van der Waals surface area contributed by atoms with Gasteiger partial charge < -0.3 is 15.4 Å². The molecule has 2 rings (SSSR count). The number of nitrogen functional groups attached to an aromatic ring is 1. The number of nitrogens with zero attached hydrogens (tertiary/aromatic N) is 1. The molecule has 0 saturated heterocycles. The number of carbonyl (C=O) groups is 1. The molecule has 0 saturated carbocycles. The van der Waals surface area contributed by atoms with E-state index in [4.69, 9.17) is 10.5 Å². The maximum atomic E-state index is 12.1. The zero-order valence-corrected chi connectivity index (χ0v) is 11.5. The van der Waals surface area contributed by atoms with E-state index in [-0.39, 0.29) is 6.09 Å². The third-order valence-electron chi connectivity index (χ3n) is 2.92. The monoisotopic (exact) mass is 270 g/mol. The van der Waals surface area contributed by atoms with Crippen molar-refractivity contribution in [1.82, 2.24) is 4.90 Å². The number of carbonyl (C=O) groups excluding carboxylic acids is 1. The van der Waals surface area contributed by atoms with Crippen molar-refractivity contribution in [3.05, 3.63) is 60.2 Å². The van der Waals surface area contributed by atoms with Crippen molar-refractivity contribution in [2.75, 3.05) is 12.3 Å². The molecule has 0 aliphatic carbocycles. The minimum Gasteiger partial charge on any atom is -0.410 e. The zero-order chi connectivity index (χ0) is 14.4. The molecule has 0 bridgehead atoms. The van der Waals surface area contributed by atoms with Gasteiger partial charge in [0.1, 0.15) is 5.75 Å². The smallest absolute Gasteiger partial charge is 0.410 e. The number of anilines is 1. The van der Waals surface area contributed by atoms with Crippen molar-refractivity contribution < 1.29 is 9.53 Å². The van der Waals surface area contributed by atoms with Gasteiger partial charge in [-0.25, -0.2) is 4.79 Å². The van der Waals surface area contributed by atoms with Gasteiger partial charge in [0.15, 0.2) is 0 Å². The molecule has 0 spiro atoms. The third-order valence-corrected chi connectivity index (χ3v) is 2.92. The number of ether oxygens (including phenoxy) is 1. The average molecular weight is 270 g/mol. The molecule has 2 aromatic carbocycles. The fourth-order valence-corrected chi connectivity index (χ4v) is 1.85. The van der Waals surface area contributed by atoms with E-state index in [0.717, 1.165) is 5.56 Å². The van der Waals surface area contributed by atoms with Crippen LogP contribution in [-0.4, -0.2) is 17.5 Å². The molecule has 104 valence electrons. The lowest BCUT2D eigenvalue weighted by molar-refractivity contribution is 0.152. The van der Waals surface area contributed by atoms with Crippen LogP contribution >= 0.6 is 0 Å². The first-order valence-corrected chi connectivity index (χ1v) is 6.55. The number of benzene rings is 2. The Hall–Kier alpha value is -2.49. The van der Waals surface area contributed by atoms with Crippen molar-refractivity contribution in [3.8, 4) is 5.75 Å². The molecule has 0 fully saturated rings. The Bertz CT molecular complexity index is 570. The highest BCUT2D eigenvalue weighted by atomic mass is 16.6. The van der Waals surface area contributed by atoms with Crippen molar-refractivity contribution in [1.29, 1.82) is 0 Å². The Morgan fingerprint density at radius 3 is 2.55 bits per heavy atom. The van der Waals surface area contributed by atoms with Crippen LogP contribution in [-0.2, 0) is 6.54 Å². The van der Waals surface area contributed by atoms with E-state index in [1.807, 2.05) is 37.3 Å². The van der Waals surface area contributed by atoms with Gasteiger partial charge in [0.05, 0.1) is 0 Å². The molecule has 1 amide bonds. The molecule has 0 radical (unpaired) electrons. The second-order valence-electron chi connectivity index (χ2n) is 4.44. The zero-order valence-electron chi connectivity index (χ0n) is 11.5. The van der Waals surface area contributed by atoms with Gasteiger partial charge >= 0.3 is 6.09 Å². The van der Waals surface area contributed by atoms with E-state index in [1.165, 1.54) is 0 Å². The summed E-state index contributed by atoms with van der Waals surface area (Å²) in [7, 11) is 0. The molecule has 0 aliphatic heterocycles. The lowest BCUT2D eigenvalue weighted by Crippen LogP contribution is -2.32. The van der Waals surface area contributed by atoms with Crippen LogP contribution in [0.1, 0.15) is 12.5 Å². The van der Waals surface area contributed by atoms with Crippen LogP contribution in [0.15, 0.2) is 54.6 Å². The van der Waals surface area contributed by atoms with E-state index in [0.29, 0.717) is 24.5 Å². The van der Waals surface area contributed by atoms with Crippen LogP contribution in [0.5, 0.6) is 5.75 Å². The van der Waals surface area contributed by atoms with E-state index < -0.39 is 0 Å². The van der Waals surface area contributed by atoms with E-state index in [9.17, 15) is 4.79 Å². The predicted molar refractivity (Wildman–Crippen MR) is 79.4 cm³/mol. The van der Waals surface area contributed by atoms with Crippen LogP contribution < -0.4 is 10.5 Å². The first-order valence-electron chi connectivity index (χ1n) is 6.55. The Kier molecular flexibility index (Phi) is 4.60. The summed E-state index contributed by atoms with van der Waals surface area (Å²) < 4.78 is 5.33. The van der Waals surface area contributed by atoms with Gasteiger partial charge in [-0.05, 0) is 24.6 Å². The van der Waals surface area contributed by atoms with Gasteiger partial charge in [-0.2, -0.15) is 0 Å². The number of nitrogens with two attached hydrogens (primary N) is 1. The first-order chi connectivity index (χ1) is 9.69. The van der Waals surface area contributed by atoms with Crippen LogP contribution in [0.3, 0.4) is 0 Å². The normalized spacial score (nSPS) is 10.1. The second kappa shape index (κ2) is 6.61. The molecule has 0 aromatic heterocycles. The van der Waals surface area contributed by atoms with E-state index in [2.05, 4.69) is 0 Å². The highest BCUT2D eigenvalue weighted by molar-refractivity contribution is 5.71. The Balaban J connectivity index is 2.02. The SMILES string of the molecule is CCN(Cc1ccccc1)C(=O)Oc1cccc(N)c1. The average Bonchev–Trinajstić information content (AvgIpc) is 2.45. The standard InChI is InChI=1S/C16H18N2O2/c1-2-18(12-13-7-4-3-5-8-13)16(19)20-15-10-6-9-14(17)11-15/h3-11H,2,12,17H2,1H3. The number of hydrogen-bond donors (Lipinski definition) is 1. The van der Waals surface area contributed by atoms with Gasteiger partial charge in [0.2, 0.25) is 0 Å². The van der Waals surface area contributed by atoms with Crippen LogP contribution in [0, 0.1) is 0 Å². The maximum absolute atomic E-state index is 12.1. The Morgan fingerprint density at radius 1 is 1.15 bits per heavy atom. The van der Waals surface area contributed by atoms with Gasteiger partial charge in [-0.15, -0.1) is 0 Å². The van der Waals surface area contributed by atoms with Crippen molar-refractivity contribution >= 4 is 11.8 Å². The second-order valence-corrected chi connectivity index (χ2v) is 4.44. The van der Waals surface area contributed by atoms with Crippen molar-refractivity contribution in [3.63, 3.8) is 0 Å². The molecule has 4 nitrogen and oxygen atoms in total. The molecule has 2 N–H and O–H groups in total. The minimum absolute atomic E-state index is 0.373. The van der Waals surface area contributed by atoms with Gasteiger partial charge in [-0.3, -0.25) is 0 Å². The van der Waals surface area contributed by atoms with E-state index >= 15 is 0 Å². The van der Waals surface area contributed by atoms with Gasteiger partial charge in [0, 0.05) is 24.8 Å². The summed E-state index contributed by atoms with van der Waals surface area (Å²) in [4.78, 5) is 13.8. The maximum Gasteiger partial charge on any atom is 0.415 e. The van der Waals surface area contributed by atoms with Gasteiger partial charge in [0.25, 0.3) is 0 Å². The summed E-state index contributed by atoms with van der Waals surface area (Å²) in [6.45, 7) is 3.03. The molecular weight excluding hydrogens is 252 g/mol. The van der Waals surface area contributed by atoms with Gasteiger partial charge in [-0.1, -0.05) is 36.4 Å². The molecule has 0 atom stereocenters. The highest BCUT2D eigenvalue weighted by Crippen LogP contribution is 2.16. The Labute approximate surface area is 118 Å². The summed E-state index contributed by atoms with van der Waals surface area (Å²) in [5.74, 6) is 0.460. The number of amides is 1. The molecule has 0 heterocycles. The minimum atomic E-state index is -0.373. The quantitative estimate of drug-likeness (QED) is 0.867. The largest absolute Gasteiger partial charge is 0.415 e. The summed E-state index contributed by atoms with van der Waals surface area (Å²) >= 11 is 0. The summed E-state index contributed by atoms with van der Waals surface area (Å²) in [5.41, 5.74) is 7.30. The fraction of sp³-hybridized carbons (Fsp3) is 0.188. The topological polar surface area (TPSA) is 55.6 Å². The molecule has 4 heteroatoms. The summed E-state index contributed by atoms with van der Waals surface area (Å²) in [6.07, 6.45) is -0.373. The fourth-order valence-electron chi connectivity index (χ4n) is 1.85. The first kappa shape index (κ1) is 13.9. The highest BCUT2D eigenvalue weighted by Gasteiger charge is 2.14. The number of hydrogen-bond acceptors (Lipinski definition) is 3. The third kappa shape index (κ3) is 3.75. The van der Waals surface area contributed by atoms with Crippen molar-refractivity contribution in [2.24, 2.45) is 0 Å². The molecular formula is C16H18N2O2. The van der Waals surface area contributed by atoms with E-state index in [1.54, 1.807) is 29.2 Å². The molecule has 20 heavy (non-hydrogen) atoms.